The van der Waals surface area contributed by atoms with Gasteiger partial charge in [-0.3, -0.25) is 0 Å². The third-order valence-electron chi connectivity index (χ3n) is 7.49. The number of nitrogens with zero attached hydrogens (tertiary/aromatic N) is 2. The fraction of sp³-hybridized carbons (Fsp3) is 0.206. The molecule has 36 heavy (non-hydrogen) atoms. The molecule has 1 atom stereocenters. The van der Waals surface area contributed by atoms with Crippen LogP contribution in [0.15, 0.2) is 128 Å². The highest BCUT2D eigenvalue weighted by molar-refractivity contribution is 5.51. The van der Waals surface area contributed by atoms with Gasteiger partial charge in [-0.05, 0) is 39.7 Å². The second kappa shape index (κ2) is 10.4. The minimum Gasteiger partial charge on any atom is -0.316 e. The van der Waals surface area contributed by atoms with E-state index in [4.69, 9.17) is 4.98 Å². The van der Waals surface area contributed by atoms with Gasteiger partial charge in [0.1, 0.15) is 11.4 Å². The quantitative estimate of drug-likeness (QED) is 0.210. The molecule has 0 aliphatic heterocycles. The Kier molecular flexibility index (Phi) is 6.86. The molecule has 1 heterocycles. The van der Waals surface area contributed by atoms with Crippen molar-refractivity contribution in [2.24, 2.45) is 5.92 Å². The standard InChI is InChI=1S/C34H34N2/c1-26(2)27(3)29-15-13-14-28(24-29)25-33-35-22-23-36(33)34(30-16-7-4-8-17-30,31-18-9-5-10-19-31)32-20-11-6-12-21-32/h4-24,26-27H,25H2,1-3H3. The third kappa shape index (κ3) is 4.40. The van der Waals surface area contributed by atoms with E-state index in [-0.39, 0.29) is 0 Å². The Morgan fingerprint density at radius 1 is 0.667 bits per heavy atom. The molecule has 0 spiro atoms. The SMILES string of the molecule is CC(C)C(C)c1cccc(Cc2nccn2C(c2ccccc2)(c2ccccc2)c2ccccc2)c1. The lowest BCUT2D eigenvalue weighted by Gasteiger charge is -2.38. The zero-order chi connectivity index (χ0) is 25.0. The summed E-state index contributed by atoms with van der Waals surface area (Å²) in [6.45, 7) is 6.89. The van der Waals surface area contributed by atoms with E-state index in [1.54, 1.807) is 0 Å². The zero-order valence-electron chi connectivity index (χ0n) is 21.4. The summed E-state index contributed by atoms with van der Waals surface area (Å²) in [6, 6.07) is 41.4. The van der Waals surface area contributed by atoms with Crippen molar-refractivity contribution in [1.82, 2.24) is 9.55 Å². The molecule has 0 aliphatic rings. The van der Waals surface area contributed by atoms with Gasteiger partial charge < -0.3 is 4.57 Å². The molecule has 5 rings (SSSR count). The summed E-state index contributed by atoms with van der Waals surface area (Å²) in [4.78, 5) is 4.93. The highest BCUT2D eigenvalue weighted by Crippen LogP contribution is 2.41. The summed E-state index contributed by atoms with van der Waals surface area (Å²) < 4.78 is 2.38. The number of rotatable bonds is 8. The lowest BCUT2D eigenvalue weighted by Crippen LogP contribution is -2.38. The maximum absolute atomic E-state index is 4.93. The van der Waals surface area contributed by atoms with Crippen LogP contribution in [-0.2, 0) is 12.0 Å². The van der Waals surface area contributed by atoms with Crippen LogP contribution in [0, 0.1) is 5.92 Å². The van der Waals surface area contributed by atoms with Gasteiger partial charge >= 0.3 is 0 Å². The summed E-state index contributed by atoms with van der Waals surface area (Å²) in [7, 11) is 0. The lowest BCUT2D eigenvalue weighted by molar-refractivity contribution is 0.496. The Labute approximate surface area is 215 Å². The molecule has 0 amide bonds. The minimum atomic E-state index is -0.543. The molecule has 0 saturated carbocycles. The van der Waals surface area contributed by atoms with Crippen LogP contribution in [0.2, 0.25) is 0 Å². The Morgan fingerprint density at radius 3 is 1.69 bits per heavy atom. The van der Waals surface area contributed by atoms with Gasteiger partial charge in [0.25, 0.3) is 0 Å². The van der Waals surface area contributed by atoms with Crippen molar-refractivity contribution in [3.63, 3.8) is 0 Å². The van der Waals surface area contributed by atoms with Crippen LogP contribution < -0.4 is 0 Å². The van der Waals surface area contributed by atoms with E-state index >= 15 is 0 Å². The average Bonchev–Trinajstić information content (AvgIpc) is 3.39. The van der Waals surface area contributed by atoms with Crippen LogP contribution in [-0.4, -0.2) is 9.55 Å². The summed E-state index contributed by atoms with van der Waals surface area (Å²) in [5.74, 6) is 2.16. The van der Waals surface area contributed by atoms with E-state index in [0.29, 0.717) is 11.8 Å². The number of hydrogen-bond acceptors (Lipinski definition) is 1. The summed E-state index contributed by atoms with van der Waals surface area (Å²) >= 11 is 0. The first-order valence-corrected chi connectivity index (χ1v) is 12.9. The zero-order valence-corrected chi connectivity index (χ0v) is 21.4. The number of imidazole rings is 1. The molecule has 2 nitrogen and oxygen atoms in total. The van der Waals surface area contributed by atoms with Crippen molar-refractivity contribution in [2.45, 2.75) is 38.6 Å². The molecule has 0 saturated heterocycles. The molecule has 2 heteroatoms. The molecular formula is C34H34N2. The van der Waals surface area contributed by atoms with Gasteiger partial charge in [0.2, 0.25) is 0 Å². The molecule has 0 aliphatic carbocycles. The summed E-state index contributed by atoms with van der Waals surface area (Å²) in [5.41, 5.74) is 5.77. The van der Waals surface area contributed by atoms with Gasteiger partial charge in [0, 0.05) is 18.8 Å². The average molecular weight is 471 g/mol. The Hall–Kier alpha value is -3.91. The highest BCUT2D eigenvalue weighted by Gasteiger charge is 2.39. The molecule has 0 radical (unpaired) electrons. The van der Waals surface area contributed by atoms with Crippen molar-refractivity contribution in [2.75, 3.05) is 0 Å². The molecular weight excluding hydrogens is 436 g/mol. The van der Waals surface area contributed by atoms with Gasteiger partial charge in [-0.25, -0.2) is 4.98 Å². The fourth-order valence-electron chi connectivity index (χ4n) is 5.28. The van der Waals surface area contributed by atoms with Crippen molar-refractivity contribution in [3.8, 4) is 0 Å². The smallest absolute Gasteiger partial charge is 0.121 e. The van der Waals surface area contributed by atoms with Crippen molar-refractivity contribution >= 4 is 0 Å². The second-order valence-corrected chi connectivity index (χ2v) is 9.98. The molecule has 5 aromatic rings. The van der Waals surface area contributed by atoms with E-state index < -0.39 is 5.54 Å². The molecule has 1 unspecified atom stereocenters. The molecule has 0 bridgehead atoms. The van der Waals surface area contributed by atoms with Gasteiger partial charge in [0.15, 0.2) is 0 Å². The van der Waals surface area contributed by atoms with Crippen LogP contribution in [0.1, 0.15) is 60.3 Å². The Morgan fingerprint density at radius 2 is 1.19 bits per heavy atom. The van der Waals surface area contributed by atoms with Gasteiger partial charge in [-0.2, -0.15) is 0 Å². The van der Waals surface area contributed by atoms with Crippen LogP contribution in [0.25, 0.3) is 0 Å². The first-order chi connectivity index (χ1) is 17.6. The van der Waals surface area contributed by atoms with Crippen LogP contribution in [0.5, 0.6) is 0 Å². The van der Waals surface area contributed by atoms with Gasteiger partial charge in [-0.1, -0.05) is 136 Å². The topological polar surface area (TPSA) is 17.8 Å². The largest absolute Gasteiger partial charge is 0.316 e. The molecule has 180 valence electrons. The normalized spacial score (nSPS) is 12.6. The fourth-order valence-corrected chi connectivity index (χ4v) is 5.28. The maximum Gasteiger partial charge on any atom is 0.121 e. The van der Waals surface area contributed by atoms with E-state index in [1.807, 2.05) is 6.20 Å². The van der Waals surface area contributed by atoms with Crippen molar-refractivity contribution in [1.29, 1.82) is 0 Å². The maximum atomic E-state index is 4.93. The van der Waals surface area contributed by atoms with Gasteiger partial charge in [-0.15, -0.1) is 0 Å². The van der Waals surface area contributed by atoms with E-state index in [0.717, 1.165) is 12.2 Å². The predicted molar refractivity (Wildman–Crippen MR) is 149 cm³/mol. The predicted octanol–water partition coefficient (Wildman–Crippen LogP) is 8.07. The Balaban J connectivity index is 1.71. The van der Waals surface area contributed by atoms with Crippen LogP contribution in [0.4, 0.5) is 0 Å². The van der Waals surface area contributed by atoms with Gasteiger partial charge in [0.05, 0.1) is 0 Å². The van der Waals surface area contributed by atoms with E-state index in [1.165, 1.54) is 27.8 Å². The van der Waals surface area contributed by atoms with E-state index in [9.17, 15) is 0 Å². The van der Waals surface area contributed by atoms with Crippen molar-refractivity contribution < 1.29 is 0 Å². The lowest BCUT2D eigenvalue weighted by atomic mass is 9.76. The van der Waals surface area contributed by atoms with Crippen molar-refractivity contribution in [3.05, 3.63) is 161 Å². The Bertz CT molecular complexity index is 1290. The number of aromatic nitrogens is 2. The summed E-state index contributed by atoms with van der Waals surface area (Å²) in [6.07, 6.45) is 4.85. The first kappa shape index (κ1) is 23.8. The first-order valence-electron chi connectivity index (χ1n) is 12.9. The number of benzene rings is 4. The molecule has 0 fully saturated rings. The number of hydrogen-bond donors (Lipinski definition) is 0. The second-order valence-electron chi connectivity index (χ2n) is 9.98. The van der Waals surface area contributed by atoms with E-state index in [2.05, 4.69) is 147 Å². The molecule has 1 aromatic heterocycles. The third-order valence-corrected chi connectivity index (χ3v) is 7.49. The van der Waals surface area contributed by atoms with Crippen LogP contribution in [0.3, 0.4) is 0 Å². The minimum absolute atomic E-state index is 0.516. The monoisotopic (exact) mass is 470 g/mol. The molecule has 4 aromatic carbocycles. The van der Waals surface area contributed by atoms with Crippen LogP contribution >= 0.6 is 0 Å². The molecule has 0 N–H and O–H groups in total. The highest BCUT2D eigenvalue weighted by atomic mass is 15.1. The summed E-state index contributed by atoms with van der Waals surface area (Å²) in [5, 5.41) is 0.